The summed E-state index contributed by atoms with van der Waals surface area (Å²) in [6.07, 6.45) is 0.119. The van der Waals surface area contributed by atoms with Crippen molar-refractivity contribution >= 4 is 29.2 Å². The smallest absolute Gasteiger partial charge is 0.336 e. The van der Waals surface area contributed by atoms with Gasteiger partial charge in [-0.15, -0.1) is 0 Å². The first kappa shape index (κ1) is 22.0. The first-order valence-electron chi connectivity index (χ1n) is 10.9. The van der Waals surface area contributed by atoms with E-state index in [0.717, 1.165) is 11.1 Å². The number of rotatable bonds is 6. The largest absolute Gasteiger partial charge is 0.493 e. The molecule has 2 heterocycles. The van der Waals surface area contributed by atoms with Crippen LogP contribution in [0.1, 0.15) is 23.5 Å². The van der Waals surface area contributed by atoms with Crippen LogP contribution < -0.4 is 14.4 Å². The number of carbonyl (C=O) groups is 2. The van der Waals surface area contributed by atoms with E-state index in [0.29, 0.717) is 40.1 Å². The fraction of sp³-hybridized carbons (Fsp3) is 0.185. The lowest BCUT2D eigenvalue weighted by Gasteiger charge is -2.32. The van der Waals surface area contributed by atoms with Gasteiger partial charge in [0.2, 0.25) is 5.91 Å². The van der Waals surface area contributed by atoms with Crippen molar-refractivity contribution in [2.75, 3.05) is 18.6 Å². The third-order valence-corrected chi connectivity index (χ3v) is 6.25. The topological polar surface area (TPSA) is 65.1 Å². The average Bonchev–Trinajstić information content (AvgIpc) is 3.23. The van der Waals surface area contributed by atoms with Gasteiger partial charge in [0, 0.05) is 17.4 Å². The highest BCUT2D eigenvalue weighted by atomic mass is 35.5. The van der Waals surface area contributed by atoms with Gasteiger partial charge in [-0.05, 0) is 41.5 Å². The van der Waals surface area contributed by atoms with E-state index in [9.17, 15) is 9.59 Å². The SMILES string of the molecule is COc1cc(C2CC(=O)N(c3cccc(Cl)c3)C3=C2C(=O)OC3)ccc1OCc1ccccc1. The van der Waals surface area contributed by atoms with E-state index in [1.54, 1.807) is 31.4 Å². The number of halogens is 1. The Morgan fingerprint density at radius 3 is 2.59 bits per heavy atom. The molecule has 0 saturated carbocycles. The molecule has 0 fully saturated rings. The monoisotopic (exact) mass is 475 g/mol. The molecule has 3 aromatic rings. The zero-order chi connectivity index (χ0) is 23.7. The van der Waals surface area contributed by atoms with Crippen molar-refractivity contribution in [3.8, 4) is 11.5 Å². The molecule has 2 aliphatic rings. The maximum Gasteiger partial charge on any atom is 0.336 e. The van der Waals surface area contributed by atoms with Crippen LogP contribution in [0.2, 0.25) is 5.02 Å². The van der Waals surface area contributed by atoms with Crippen LogP contribution in [-0.4, -0.2) is 25.6 Å². The number of amides is 1. The molecule has 7 heteroatoms. The highest BCUT2D eigenvalue weighted by Crippen LogP contribution is 2.44. The second kappa shape index (κ2) is 9.23. The highest BCUT2D eigenvalue weighted by molar-refractivity contribution is 6.31. The maximum absolute atomic E-state index is 13.2. The Labute approximate surface area is 202 Å². The number of anilines is 1. The number of esters is 1. The minimum absolute atomic E-state index is 0.0400. The Balaban J connectivity index is 1.47. The molecule has 172 valence electrons. The van der Waals surface area contributed by atoms with Crippen molar-refractivity contribution in [3.05, 3.63) is 100 Å². The molecule has 5 rings (SSSR count). The summed E-state index contributed by atoms with van der Waals surface area (Å²) in [6, 6.07) is 22.3. The van der Waals surface area contributed by atoms with Crippen molar-refractivity contribution in [1.29, 1.82) is 0 Å². The van der Waals surface area contributed by atoms with Crippen LogP contribution in [0.3, 0.4) is 0 Å². The van der Waals surface area contributed by atoms with Crippen LogP contribution in [0.4, 0.5) is 5.69 Å². The molecule has 0 N–H and O–H groups in total. The van der Waals surface area contributed by atoms with E-state index in [4.69, 9.17) is 25.8 Å². The summed E-state index contributed by atoms with van der Waals surface area (Å²) in [5.74, 6) is 0.133. The van der Waals surface area contributed by atoms with E-state index in [2.05, 4.69) is 0 Å². The first-order chi connectivity index (χ1) is 16.5. The summed E-state index contributed by atoms with van der Waals surface area (Å²) in [4.78, 5) is 27.5. The number of carbonyl (C=O) groups excluding carboxylic acids is 2. The molecule has 1 amide bonds. The lowest BCUT2D eigenvalue weighted by molar-refractivity contribution is -0.136. The normalized spacial score (nSPS) is 17.5. The highest BCUT2D eigenvalue weighted by Gasteiger charge is 2.43. The van der Waals surface area contributed by atoms with Crippen molar-refractivity contribution in [2.45, 2.75) is 18.9 Å². The predicted octanol–water partition coefficient (Wildman–Crippen LogP) is 5.26. The molecule has 0 aliphatic carbocycles. The van der Waals surface area contributed by atoms with E-state index < -0.39 is 11.9 Å². The van der Waals surface area contributed by atoms with Crippen molar-refractivity contribution < 1.29 is 23.8 Å². The zero-order valence-corrected chi connectivity index (χ0v) is 19.2. The van der Waals surface area contributed by atoms with Crippen LogP contribution in [0.5, 0.6) is 11.5 Å². The molecule has 34 heavy (non-hydrogen) atoms. The molecule has 2 aliphatic heterocycles. The Kier molecular flexibility index (Phi) is 5.99. The van der Waals surface area contributed by atoms with Crippen LogP contribution in [0.15, 0.2) is 84.1 Å². The van der Waals surface area contributed by atoms with E-state index in [-0.39, 0.29) is 18.9 Å². The zero-order valence-electron chi connectivity index (χ0n) is 18.5. The number of methoxy groups -OCH3 is 1. The van der Waals surface area contributed by atoms with Gasteiger partial charge in [-0.3, -0.25) is 9.69 Å². The molecule has 6 nitrogen and oxygen atoms in total. The minimum atomic E-state index is -0.440. The van der Waals surface area contributed by atoms with Gasteiger partial charge in [-0.2, -0.15) is 0 Å². The second-order valence-electron chi connectivity index (χ2n) is 8.09. The van der Waals surface area contributed by atoms with Gasteiger partial charge < -0.3 is 14.2 Å². The minimum Gasteiger partial charge on any atom is -0.493 e. The van der Waals surface area contributed by atoms with E-state index in [1.807, 2.05) is 48.5 Å². The number of nitrogens with zero attached hydrogens (tertiary/aromatic N) is 1. The summed E-state index contributed by atoms with van der Waals surface area (Å²) < 4.78 is 16.9. The molecule has 0 saturated heterocycles. The maximum atomic E-state index is 13.2. The van der Waals surface area contributed by atoms with Gasteiger partial charge in [-0.25, -0.2) is 4.79 Å². The van der Waals surface area contributed by atoms with E-state index in [1.165, 1.54) is 4.90 Å². The molecule has 1 atom stereocenters. The summed E-state index contributed by atoms with van der Waals surface area (Å²) in [7, 11) is 1.57. The summed E-state index contributed by atoms with van der Waals surface area (Å²) in [5.41, 5.74) is 3.48. The van der Waals surface area contributed by atoms with Gasteiger partial charge in [0.1, 0.15) is 13.2 Å². The van der Waals surface area contributed by atoms with Crippen LogP contribution in [-0.2, 0) is 20.9 Å². The molecule has 0 radical (unpaired) electrons. The molecule has 0 bridgehead atoms. The van der Waals surface area contributed by atoms with Crippen LogP contribution in [0.25, 0.3) is 0 Å². The van der Waals surface area contributed by atoms with Crippen molar-refractivity contribution in [2.24, 2.45) is 0 Å². The number of hydrogen-bond acceptors (Lipinski definition) is 5. The average molecular weight is 476 g/mol. The van der Waals surface area contributed by atoms with Crippen LogP contribution >= 0.6 is 11.6 Å². The fourth-order valence-electron chi connectivity index (χ4n) is 4.41. The number of benzene rings is 3. The lowest BCUT2D eigenvalue weighted by atomic mass is 9.84. The molecule has 0 spiro atoms. The van der Waals surface area contributed by atoms with Crippen molar-refractivity contribution in [1.82, 2.24) is 0 Å². The fourth-order valence-corrected chi connectivity index (χ4v) is 4.59. The Bertz CT molecular complexity index is 1290. The summed E-state index contributed by atoms with van der Waals surface area (Å²) in [5, 5.41) is 0.510. The second-order valence-corrected chi connectivity index (χ2v) is 8.52. The molecule has 1 unspecified atom stereocenters. The van der Waals surface area contributed by atoms with Crippen molar-refractivity contribution in [3.63, 3.8) is 0 Å². The summed E-state index contributed by atoms with van der Waals surface area (Å²) in [6.45, 7) is 0.438. The third kappa shape index (κ3) is 4.13. The van der Waals surface area contributed by atoms with Gasteiger partial charge in [-0.1, -0.05) is 54.1 Å². The standard InChI is InChI=1S/C27H22ClNO5/c1-32-24-12-18(10-11-23(24)33-15-17-6-3-2-4-7-17)21-14-25(30)29(20-9-5-8-19(28)13-20)22-16-34-27(31)26(21)22/h2-13,21H,14-16H2,1H3. The number of ether oxygens (including phenoxy) is 3. The number of hydrogen-bond donors (Lipinski definition) is 0. The first-order valence-corrected chi connectivity index (χ1v) is 11.3. The molecule has 3 aromatic carbocycles. The molecular formula is C27H22ClNO5. The quantitative estimate of drug-likeness (QED) is 0.455. The Morgan fingerprint density at radius 2 is 1.82 bits per heavy atom. The van der Waals surface area contributed by atoms with E-state index >= 15 is 0 Å². The Morgan fingerprint density at radius 1 is 1.00 bits per heavy atom. The van der Waals surface area contributed by atoms with Gasteiger partial charge in [0.25, 0.3) is 0 Å². The van der Waals surface area contributed by atoms with Crippen LogP contribution in [0, 0.1) is 0 Å². The molecular weight excluding hydrogens is 454 g/mol. The third-order valence-electron chi connectivity index (χ3n) is 6.01. The molecule has 0 aromatic heterocycles. The van der Waals surface area contributed by atoms with Gasteiger partial charge in [0.05, 0.1) is 24.1 Å². The van der Waals surface area contributed by atoms with Gasteiger partial charge >= 0.3 is 5.97 Å². The Hall–Kier alpha value is -3.77. The predicted molar refractivity (Wildman–Crippen MR) is 128 cm³/mol. The lowest BCUT2D eigenvalue weighted by Crippen LogP contribution is -2.37. The van der Waals surface area contributed by atoms with Gasteiger partial charge in [0.15, 0.2) is 11.5 Å². The number of cyclic esters (lactones) is 1. The summed E-state index contributed by atoms with van der Waals surface area (Å²) >= 11 is 6.14.